The topological polar surface area (TPSA) is 71.9 Å². The SMILES string of the molecule is COc1ccc2[nH]cc(CCNC(=O)C(C)n3cnc4ccccc43)c2c1. The van der Waals surface area contributed by atoms with Gasteiger partial charge in [0.05, 0.1) is 24.5 Å². The smallest absolute Gasteiger partial charge is 0.242 e. The third kappa shape index (κ3) is 3.26. The number of imidazole rings is 1. The molecular formula is C21H22N4O2. The lowest BCUT2D eigenvalue weighted by atomic mass is 10.1. The normalized spacial score (nSPS) is 12.4. The molecule has 138 valence electrons. The number of rotatable bonds is 6. The van der Waals surface area contributed by atoms with Crippen molar-refractivity contribution in [2.24, 2.45) is 0 Å². The number of carbonyl (C=O) groups is 1. The Morgan fingerprint density at radius 1 is 1.30 bits per heavy atom. The number of nitrogens with one attached hydrogen (secondary N) is 2. The van der Waals surface area contributed by atoms with Crippen LogP contribution < -0.4 is 10.1 Å². The molecule has 2 heterocycles. The van der Waals surface area contributed by atoms with E-state index >= 15 is 0 Å². The van der Waals surface area contributed by atoms with Crippen LogP contribution in [-0.2, 0) is 11.2 Å². The fourth-order valence-corrected chi connectivity index (χ4v) is 3.37. The maximum Gasteiger partial charge on any atom is 0.242 e. The molecule has 4 aromatic rings. The molecule has 1 amide bonds. The molecule has 0 saturated carbocycles. The van der Waals surface area contributed by atoms with E-state index in [-0.39, 0.29) is 11.9 Å². The minimum Gasteiger partial charge on any atom is -0.497 e. The van der Waals surface area contributed by atoms with Gasteiger partial charge in [-0.1, -0.05) is 12.1 Å². The Kier molecular flexibility index (Phi) is 4.54. The molecule has 0 spiro atoms. The van der Waals surface area contributed by atoms with E-state index in [2.05, 4.69) is 15.3 Å². The highest BCUT2D eigenvalue weighted by Gasteiger charge is 2.16. The molecule has 1 atom stereocenters. The van der Waals surface area contributed by atoms with E-state index in [1.165, 1.54) is 0 Å². The summed E-state index contributed by atoms with van der Waals surface area (Å²) in [4.78, 5) is 20.2. The Labute approximate surface area is 157 Å². The summed E-state index contributed by atoms with van der Waals surface area (Å²) in [6, 6.07) is 13.5. The molecule has 0 saturated heterocycles. The van der Waals surface area contributed by atoms with Crippen molar-refractivity contribution >= 4 is 27.8 Å². The van der Waals surface area contributed by atoms with E-state index in [0.717, 1.165) is 39.7 Å². The van der Waals surface area contributed by atoms with Crippen LogP contribution in [0.1, 0.15) is 18.5 Å². The molecule has 0 aliphatic carbocycles. The highest BCUT2D eigenvalue weighted by Crippen LogP contribution is 2.24. The van der Waals surface area contributed by atoms with E-state index in [9.17, 15) is 4.79 Å². The number of fused-ring (bicyclic) bond motifs is 2. The predicted octanol–water partition coefficient (Wildman–Crippen LogP) is 3.45. The third-order valence-electron chi connectivity index (χ3n) is 4.95. The zero-order valence-electron chi connectivity index (χ0n) is 15.4. The molecule has 4 rings (SSSR count). The number of carbonyl (C=O) groups excluding carboxylic acids is 1. The van der Waals surface area contributed by atoms with Gasteiger partial charge in [-0.15, -0.1) is 0 Å². The van der Waals surface area contributed by atoms with Gasteiger partial charge < -0.3 is 19.6 Å². The van der Waals surface area contributed by atoms with E-state index in [4.69, 9.17) is 4.74 Å². The quantitative estimate of drug-likeness (QED) is 0.552. The van der Waals surface area contributed by atoms with Crippen molar-refractivity contribution in [1.82, 2.24) is 19.9 Å². The maximum absolute atomic E-state index is 12.6. The van der Waals surface area contributed by atoms with Gasteiger partial charge in [-0.25, -0.2) is 4.98 Å². The molecule has 27 heavy (non-hydrogen) atoms. The molecule has 2 N–H and O–H groups in total. The lowest BCUT2D eigenvalue weighted by molar-refractivity contribution is -0.123. The second-order valence-electron chi connectivity index (χ2n) is 6.58. The number of H-pyrrole nitrogens is 1. The molecular weight excluding hydrogens is 340 g/mol. The molecule has 2 aromatic heterocycles. The average Bonchev–Trinajstić information content (AvgIpc) is 3.31. The van der Waals surface area contributed by atoms with Gasteiger partial charge in [0.1, 0.15) is 11.8 Å². The molecule has 0 bridgehead atoms. The van der Waals surface area contributed by atoms with Gasteiger partial charge in [-0.2, -0.15) is 0 Å². The number of para-hydroxylation sites is 2. The molecule has 0 aliphatic rings. The standard InChI is InChI=1S/C21H22N4O2/c1-14(25-13-24-19-5-3-4-6-20(19)25)21(26)22-10-9-15-12-23-18-8-7-16(27-2)11-17(15)18/h3-8,11-14,23H,9-10H2,1-2H3,(H,22,26). The van der Waals surface area contributed by atoms with Crippen molar-refractivity contribution in [2.75, 3.05) is 13.7 Å². The lowest BCUT2D eigenvalue weighted by Gasteiger charge is -2.14. The van der Waals surface area contributed by atoms with Crippen molar-refractivity contribution in [3.63, 3.8) is 0 Å². The molecule has 2 aromatic carbocycles. The van der Waals surface area contributed by atoms with E-state index in [1.807, 2.05) is 60.2 Å². The number of aromatic nitrogens is 3. The van der Waals surface area contributed by atoms with Crippen molar-refractivity contribution in [1.29, 1.82) is 0 Å². The largest absolute Gasteiger partial charge is 0.497 e. The summed E-state index contributed by atoms with van der Waals surface area (Å²) in [7, 11) is 1.66. The Bertz CT molecular complexity index is 1100. The summed E-state index contributed by atoms with van der Waals surface area (Å²) in [6.07, 6.45) is 4.46. The summed E-state index contributed by atoms with van der Waals surface area (Å²) in [5.74, 6) is 0.809. The number of hydrogen-bond donors (Lipinski definition) is 2. The first-order valence-corrected chi connectivity index (χ1v) is 9.00. The summed E-state index contributed by atoms with van der Waals surface area (Å²) in [5, 5.41) is 4.16. The second kappa shape index (κ2) is 7.15. The van der Waals surface area contributed by atoms with E-state index < -0.39 is 0 Å². The first-order valence-electron chi connectivity index (χ1n) is 9.00. The predicted molar refractivity (Wildman–Crippen MR) is 106 cm³/mol. The van der Waals surface area contributed by atoms with E-state index in [1.54, 1.807) is 13.4 Å². The van der Waals surface area contributed by atoms with Gasteiger partial charge in [-0.05, 0) is 49.2 Å². The summed E-state index contributed by atoms with van der Waals surface area (Å²) in [5.41, 5.74) is 4.08. The van der Waals surface area contributed by atoms with Crippen LogP contribution in [0.25, 0.3) is 21.9 Å². The van der Waals surface area contributed by atoms with Crippen LogP contribution in [0.5, 0.6) is 5.75 Å². The van der Waals surface area contributed by atoms with Crippen molar-refractivity contribution in [3.8, 4) is 5.75 Å². The van der Waals surface area contributed by atoms with Crippen LogP contribution >= 0.6 is 0 Å². The van der Waals surface area contributed by atoms with Crippen LogP contribution in [0, 0.1) is 0 Å². The lowest BCUT2D eigenvalue weighted by Crippen LogP contribution is -2.32. The Balaban J connectivity index is 1.42. The fraction of sp³-hybridized carbons (Fsp3) is 0.238. The minimum atomic E-state index is -0.319. The van der Waals surface area contributed by atoms with Crippen LogP contribution in [0.2, 0.25) is 0 Å². The van der Waals surface area contributed by atoms with Crippen LogP contribution in [0.4, 0.5) is 0 Å². The minimum absolute atomic E-state index is 0.0180. The van der Waals surface area contributed by atoms with Gasteiger partial charge in [0, 0.05) is 23.6 Å². The molecule has 0 aliphatic heterocycles. The van der Waals surface area contributed by atoms with Gasteiger partial charge >= 0.3 is 0 Å². The monoisotopic (exact) mass is 362 g/mol. The molecule has 0 radical (unpaired) electrons. The zero-order valence-corrected chi connectivity index (χ0v) is 15.4. The highest BCUT2D eigenvalue weighted by atomic mass is 16.5. The molecule has 1 unspecified atom stereocenters. The number of hydrogen-bond acceptors (Lipinski definition) is 3. The summed E-state index contributed by atoms with van der Waals surface area (Å²) >= 11 is 0. The van der Waals surface area contributed by atoms with E-state index in [0.29, 0.717) is 6.54 Å². The Morgan fingerprint density at radius 2 is 2.15 bits per heavy atom. The maximum atomic E-state index is 12.6. The highest BCUT2D eigenvalue weighted by molar-refractivity contribution is 5.85. The number of methoxy groups -OCH3 is 1. The van der Waals surface area contributed by atoms with Crippen LogP contribution in [0.15, 0.2) is 55.0 Å². The number of ether oxygens (including phenoxy) is 1. The first-order chi connectivity index (χ1) is 13.2. The number of amides is 1. The Hall–Kier alpha value is -3.28. The number of benzene rings is 2. The van der Waals surface area contributed by atoms with Crippen LogP contribution in [0.3, 0.4) is 0 Å². The van der Waals surface area contributed by atoms with Gasteiger partial charge in [0.15, 0.2) is 0 Å². The van der Waals surface area contributed by atoms with Gasteiger partial charge in [0.2, 0.25) is 5.91 Å². The van der Waals surface area contributed by atoms with Crippen LogP contribution in [-0.4, -0.2) is 34.1 Å². The van der Waals surface area contributed by atoms with Crippen molar-refractivity contribution < 1.29 is 9.53 Å². The second-order valence-corrected chi connectivity index (χ2v) is 6.58. The first kappa shape index (κ1) is 17.1. The number of nitrogens with zero attached hydrogens (tertiary/aromatic N) is 2. The van der Waals surface area contributed by atoms with Crippen molar-refractivity contribution in [2.45, 2.75) is 19.4 Å². The number of aromatic amines is 1. The molecule has 0 fully saturated rings. The van der Waals surface area contributed by atoms with Gasteiger partial charge in [-0.3, -0.25) is 4.79 Å². The summed E-state index contributed by atoms with van der Waals surface area (Å²) < 4.78 is 7.21. The average molecular weight is 362 g/mol. The fourth-order valence-electron chi connectivity index (χ4n) is 3.37. The van der Waals surface area contributed by atoms with Gasteiger partial charge in [0.25, 0.3) is 0 Å². The summed E-state index contributed by atoms with van der Waals surface area (Å²) in [6.45, 7) is 2.46. The third-order valence-corrected chi connectivity index (χ3v) is 4.95. The van der Waals surface area contributed by atoms with Crippen molar-refractivity contribution in [3.05, 3.63) is 60.6 Å². The molecule has 6 nitrogen and oxygen atoms in total. The Morgan fingerprint density at radius 3 is 3.00 bits per heavy atom. The molecule has 6 heteroatoms. The zero-order chi connectivity index (χ0) is 18.8.